The summed E-state index contributed by atoms with van der Waals surface area (Å²) in [5.74, 6) is -0.470. The highest BCUT2D eigenvalue weighted by molar-refractivity contribution is 6.30. The monoisotopic (exact) mass is 373 g/mol. The van der Waals surface area contributed by atoms with E-state index in [1.807, 2.05) is 18.2 Å². The van der Waals surface area contributed by atoms with Crippen LogP contribution in [0.2, 0.25) is 5.02 Å². The molecule has 1 aromatic carbocycles. The molecule has 1 aromatic rings. The number of hydrogen-bond donors (Lipinski definition) is 2. The molecule has 0 spiro atoms. The minimum atomic E-state index is -0.378. The minimum absolute atomic E-state index is 0. The highest BCUT2D eigenvalue weighted by Gasteiger charge is 2.42. The van der Waals surface area contributed by atoms with Gasteiger partial charge in [-0.2, -0.15) is 0 Å². The van der Waals surface area contributed by atoms with Crippen molar-refractivity contribution in [3.63, 3.8) is 0 Å². The molecule has 1 aliphatic heterocycles. The summed E-state index contributed by atoms with van der Waals surface area (Å²) in [5.41, 5.74) is 0.898. The van der Waals surface area contributed by atoms with Crippen LogP contribution in [-0.4, -0.2) is 43.4 Å². The predicted molar refractivity (Wildman–Crippen MR) is 98.5 cm³/mol. The van der Waals surface area contributed by atoms with Gasteiger partial charge in [0.25, 0.3) is 0 Å². The molecule has 2 atom stereocenters. The van der Waals surface area contributed by atoms with Crippen molar-refractivity contribution >= 4 is 35.8 Å². The fraction of sp³-hybridized carbons (Fsp3) is 0.529. The summed E-state index contributed by atoms with van der Waals surface area (Å²) in [5, 5.41) is 6.77. The molecule has 5 nitrogen and oxygen atoms in total. The molecule has 0 bridgehead atoms. The van der Waals surface area contributed by atoms with Crippen molar-refractivity contribution in [1.29, 1.82) is 0 Å². The normalized spacial score (nSPS) is 20.0. The Morgan fingerprint density at radius 2 is 2.08 bits per heavy atom. The smallest absolute Gasteiger partial charge is 0.226 e. The van der Waals surface area contributed by atoms with Crippen molar-refractivity contribution in [3.05, 3.63) is 34.9 Å². The van der Waals surface area contributed by atoms with Crippen LogP contribution < -0.4 is 10.6 Å². The Balaban J connectivity index is 0.00000288. The second-order valence-electron chi connectivity index (χ2n) is 5.86. The van der Waals surface area contributed by atoms with E-state index in [0.29, 0.717) is 11.6 Å². The van der Waals surface area contributed by atoms with Crippen LogP contribution in [0.3, 0.4) is 0 Å². The zero-order chi connectivity index (χ0) is 16.8. The summed E-state index contributed by atoms with van der Waals surface area (Å²) in [4.78, 5) is 26.2. The van der Waals surface area contributed by atoms with Crippen LogP contribution >= 0.6 is 24.0 Å². The van der Waals surface area contributed by atoms with Crippen LogP contribution in [0.5, 0.6) is 0 Å². The maximum Gasteiger partial charge on any atom is 0.226 e. The fourth-order valence-electron chi connectivity index (χ4n) is 2.96. The SMILES string of the molecule is CCCNCCNC(=O)C1CC(=O)N(C)C1c1cccc(Cl)c1.Cl. The standard InChI is InChI=1S/C17H24ClN3O2.ClH/c1-3-7-19-8-9-20-17(23)14-11-15(22)21(2)16(14)12-5-4-6-13(18)10-12;/h4-6,10,14,16,19H,3,7-9,11H2,1-2H3,(H,20,23);1H. The van der Waals surface area contributed by atoms with Crippen LogP contribution in [0.1, 0.15) is 31.4 Å². The van der Waals surface area contributed by atoms with E-state index >= 15 is 0 Å². The van der Waals surface area contributed by atoms with Gasteiger partial charge in [-0.05, 0) is 30.7 Å². The molecule has 2 unspecified atom stereocenters. The number of rotatable bonds is 7. The summed E-state index contributed by atoms with van der Waals surface area (Å²) in [6, 6.07) is 7.11. The second kappa shape index (κ2) is 9.87. The van der Waals surface area contributed by atoms with Gasteiger partial charge in [0, 0.05) is 31.6 Å². The molecule has 0 radical (unpaired) electrons. The largest absolute Gasteiger partial charge is 0.354 e. The predicted octanol–water partition coefficient (Wildman–Crippen LogP) is 2.40. The molecule has 2 amide bonds. The van der Waals surface area contributed by atoms with Gasteiger partial charge in [0.1, 0.15) is 0 Å². The number of hydrogen-bond acceptors (Lipinski definition) is 3. The number of halogens is 2. The van der Waals surface area contributed by atoms with Crippen LogP contribution in [0.4, 0.5) is 0 Å². The first kappa shape index (κ1) is 20.7. The van der Waals surface area contributed by atoms with E-state index in [1.54, 1.807) is 18.0 Å². The van der Waals surface area contributed by atoms with Gasteiger partial charge in [0.05, 0.1) is 12.0 Å². The van der Waals surface area contributed by atoms with E-state index in [4.69, 9.17) is 11.6 Å². The molecule has 1 aliphatic rings. The van der Waals surface area contributed by atoms with E-state index in [0.717, 1.165) is 25.1 Å². The second-order valence-corrected chi connectivity index (χ2v) is 6.29. The minimum Gasteiger partial charge on any atom is -0.354 e. The molecular formula is C17H25Cl2N3O2. The van der Waals surface area contributed by atoms with Crippen molar-refractivity contribution in [3.8, 4) is 0 Å². The van der Waals surface area contributed by atoms with Gasteiger partial charge in [0.2, 0.25) is 11.8 Å². The van der Waals surface area contributed by atoms with Gasteiger partial charge in [-0.3, -0.25) is 9.59 Å². The number of nitrogens with one attached hydrogen (secondary N) is 2. The topological polar surface area (TPSA) is 61.4 Å². The molecule has 7 heteroatoms. The van der Waals surface area contributed by atoms with E-state index in [-0.39, 0.29) is 42.6 Å². The number of likely N-dealkylation sites (tertiary alicyclic amines) is 1. The van der Waals surface area contributed by atoms with Crippen LogP contribution in [0.25, 0.3) is 0 Å². The number of nitrogens with zero attached hydrogens (tertiary/aromatic N) is 1. The number of carbonyl (C=O) groups is 2. The summed E-state index contributed by atoms with van der Waals surface area (Å²) < 4.78 is 0. The fourth-order valence-corrected chi connectivity index (χ4v) is 3.16. The Hall–Kier alpha value is -1.30. The summed E-state index contributed by atoms with van der Waals surface area (Å²) in [6.07, 6.45) is 1.30. The molecular weight excluding hydrogens is 349 g/mol. The van der Waals surface area contributed by atoms with Gasteiger partial charge in [0.15, 0.2) is 0 Å². The lowest BCUT2D eigenvalue weighted by Gasteiger charge is -2.25. The molecule has 24 heavy (non-hydrogen) atoms. The maximum atomic E-state index is 12.5. The highest BCUT2D eigenvalue weighted by atomic mass is 35.5. The summed E-state index contributed by atoms with van der Waals surface area (Å²) >= 11 is 6.05. The lowest BCUT2D eigenvalue weighted by atomic mass is 9.93. The van der Waals surface area contributed by atoms with Crippen molar-refractivity contribution in [2.75, 3.05) is 26.7 Å². The number of benzene rings is 1. The average molecular weight is 374 g/mol. The van der Waals surface area contributed by atoms with Crippen LogP contribution in [-0.2, 0) is 9.59 Å². The third kappa shape index (κ3) is 5.10. The van der Waals surface area contributed by atoms with Crippen molar-refractivity contribution in [2.45, 2.75) is 25.8 Å². The van der Waals surface area contributed by atoms with E-state index < -0.39 is 0 Å². The Morgan fingerprint density at radius 1 is 1.33 bits per heavy atom. The molecule has 0 aliphatic carbocycles. The van der Waals surface area contributed by atoms with Crippen molar-refractivity contribution < 1.29 is 9.59 Å². The maximum absolute atomic E-state index is 12.5. The quantitative estimate of drug-likeness (QED) is 0.721. The number of amides is 2. The Kier molecular flexibility index (Phi) is 8.53. The Morgan fingerprint density at radius 3 is 2.75 bits per heavy atom. The van der Waals surface area contributed by atoms with Gasteiger partial charge in [-0.1, -0.05) is 30.7 Å². The molecule has 2 rings (SSSR count). The molecule has 1 heterocycles. The first-order valence-electron chi connectivity index (χ1n) is 8.04. The number of carbonyl (C=O) groups excluding carboxylic acids is 2. The molecule has 1 fully saturated rings. The van der Waals surface area contributed by atoms with Crippen molar-refractivity contribution in [1.82, 2.24) is 15.5 Å². The summed E-state index contributed by atoms with van der Waals surface area (Å²) in [6.45, 7) is 4.33. The van der Waals surface area contributed by atoms with E-state index in [9.17, 15) is 9.59 Å². The van der Waals surface area contributed by atoms with E-state index in [1.165, 1.54) is 0 Å². The lowest BCUT2D eigenvalue weighted by molar-refractivity contribution is -0.128. The zero-order valence-corrected chi connectivity index (χ0v) is 15.6. The van der Waals surface area contributed by atoms with Crippen molar-refractivity contribution in [2.24, 2.45) is 5.92 Å². The van der Waals surface area contributed by atoms with Gasteiger partial charge >= 0.3 is 0 Å². The first-order valence-corrected chi connectivity index (χ1v) is 8.42. The van der Waals surface area contributed by atoms with Crippen LogP contribution in [0, 0.1) is 5.92 Å². The third-order valence-electron chi connectivity index (χ3n) is 4.14. The van der Waals surface area contributed by atoms with Gasteiger partial charge in [-0.25, -0.2) is 0 Å². The third-order valence-corrected chi connectivity index (χ3v) is 4.38. The van der Waals surface area contributed by atoms with E-state index in [2.05, 4.69) is 17.6 Å². The van der Waals surface area contributed by atoms with Crippen LogP contribution in [0.15, 0.2) is 24.3 Å². The Labute approximate surface area is 154 Å². The molecule has 0 saturated carbocycles. The van der Waals surface area contributed by atoms with Gasteiger partial charge < -0.3 is 15.5 Å². The Bertz CT molecular complexity index is 569. The summed E-state index contributed by atoms with van der Waals surface area (Å²) in [7, 11) is 1.74. The average Bonchev–Trinajstić information content (AvgIpc) is 2.82. The molecule has 134 valence electrons. The highest BCUT2D eigenvalue weighted by Crippen LogP contribution is 2.37. The molecule has 2 N–H and O–H groups in total. The molecule has 0 aromatic heterocycles. The van der Waals surface area contributed by atoms with Gasteiger partial charge in [-0.15, -0.1) is 12.4 Å². The first-order chi connectivity index (χ1) is 11.0. The molecule has 1 saturated heterocycles. The lowest BCUT2D eigenvalue weighted by Crippen LogP contribution is -2.38. The zero-order valence-electron chi connectivity index (χ0n) is 14.0.